The van der Waals surface area contributed by atoms with Gasteiger partial charge in [-0.25, -0.2) is 4.98 Å². The Labute approximate surface area is 97.8 Å². The van der Waals surface area contributed by atoms with Crippen molar-refractivity contribution in [3.05, 3.63) is 31.4 Å². The molecule has 1 aromatic rings. The van der Waals surface area contributed by atoms with Crippen LogP contribution in [0.2, 0.25) is 0 Å². The van der Waals surface area contributed by atoms with Gasteiger partial charge >= 0.3 is 0 Å². The van der Waals surface area contributed by atoms with Gasteiger partial charge in [0.1, 0.15) is 0 Å². The minimum atomic E-state index is -0.242. The molecule has 3 nitrogen and oxygen atoms in total. The van der Waals surface area contributed by atoms with Crippen LogP contribution >= 0.6 is 0 Å². The maximum Gasteiger partial charge on any atom is 0.0946 e. The van der Waals surface area contributed by atoms with E-state index in [2.05, 4.69) is 11.6 Å². The number of aliphatic hydroxyl groups is 1. The van der Waals surface area contributed by atoms with Crippen molar-refractivity contribution in [2.24, 2.45) is 0 Å². The molecule has 90 valence electrons. The van der Waals surface area contributed by atoms with Crippen LogP contribution in [0.25, 0.3) is 0 Å². The van der Waals surface area contributed by atoms with E-state index < -0.39 is 0 Å². The maximum atomic E-state index is 9.76. The summed E-state index contributed by atoms with van der Waals surface area (Å²) in [5.41, 5.74) is 0. The molecular weight excluding hydrogens is 200 g/mol. The Morgan fingerprint density at radius 1 is 1.31 bits per heavy atom. The molecule has 0 saturated carbocycles. The standard InChI is InChI=1S/C13H22N2O/c1-2-3-4-5-6-7-8-13(16)11-15-10-9-14-12-15/h2,9-10,12-13,16H,1,3-8,11H2. The lowest BCUT2D eigenvalue weighted by atomic mass is 10.1. The van der Waals surface area contributed by atoms with Crippen molar-refractivity contribution in [1.82, 2.24) is 9.55 Å². The van der Waals surface area contributed by atoms with Crippen molar-refractivity contribution in [1.29, 1.82) is 0 Å². The molecule has 1 rings (SSSR count). The van der Waals surface area contributed by atoms with E-state index in [0.717, 1.165) is 19.3 Å². The van der Waals surface area contributed by atoms with Crippen LogP contribution in [-0.4, -0.2) is 20.8 Å². The van der Waals surface area contributed by atoms with Crippen molar-refractivity contribution in [2.75, 3.05) is 0 Å². The summed E-state index contributed by atoms with van der Waals surface area (Å²) in [6.07, 6.45) is 13.8. The van der Waals surface area contributed by atoms with E-state index >= 15 is 0 Å². The number of nitrogens with zero attached hydrogens (tertiary/aromatic N) is 2. The van der Waals surface area contributed by atoms with Crippen LogP contribution in [0.4, 0.5) is 0 Å². The Hall–Kier alpha value is -1.09. The van der Waals surface area contributed by atoms with Crippen molar-refractivity contribution in [2.45, 2.75) is 51.2 Å². The quantitative estimate of drug-likeness (QED) is 0.515. The largest absolute Gasteiger partial charge is 0.391 e. The number of aromatic nitrogens is 2. The zero-order valence-electron chi connectivity index (χ0n) is 9.89. The first kappa shape index (κ1) is 13.0. The maximum absolute atomic E-state index is 9.76. The van der Waals surface area contributed by atoms with Crippen molar-refractivity contribution in [3.8, 4) is 0 Å². The van der Waals surface area contributed by atoms with E-state index in [0.29, 0.717) is 6.54 Å². The van der Waals surface area contributed by atoms with E-state index in [1.54, 1.807) is 12.5 Å². The highest BCUT2D eigenvalue weighted by atomic mass is 16.3. The summed E-state index contributed by atoms with van der Waals surface area (Å²) in [7, 11) is 0. The molecule has 1 aromatic heterocycles. The van der Waals surface area contributed by atoms with Gasteiger partial charge in [-0.3, -0.25) is 0 Å². The normalized spacial score (nSPS) is 12.6. The Bertz CT molecular complexity index is 269. The molecule has 0 amide bonds. The molecule has 0 fully saturated rings. The summed E-state index contributed by atoms with van der Waals surface area (Å²) in [5, 5.41) is 9.76. The van der Waals surface area contributed by atoms with E-state index in [-0.39, 0.29) is 6.10 Å². The van der Waals surface area contributed by atoms with Gasteiger partial charge in [-0.1, -0.05) is 25.3 Å². The number of rotatable bonds is 9. The fourth-order valence-corrected chi connectivity index (χ4v) is 1.75. The third-order valence-electron chi connectivity index (χ3n) is 2.68. The van der Waals surface area contributed by atoms with E-state index in [4.69, 9.17) is 0 Å². The van der Waals surface area contributed by atoms with Crippen molar-refractivity contribution >= 4 is 0 Å². The highest BCUT2D eigenvalue weighted by Gasteiger charge is 2.04. The molecule has 1 unspecified atom stereocenters. The van der Waals surface area contributed by atoms with Crippen LogP contribution in [0.3, 0.4) is 0 Å². The van der Waals surface area contributed by atoms with Crippen LogP contribution in [0.15, 0.2) is 31.4 Å². The number of aliphatic hydroxyl groups excluding tert-OH is 1. The first-order valence-corrected chi connectivity index (χ1v) is 6.07. The summed E-state index contributed by atoms with van der Waals surface area (Å²) in [4.78, 5) is 3.95. The molecule has 3 heteroatoms. The van der Waals surface area contributed by atoms with Crippen LogP contribution in [0.1, 0.15) is 38.5 Å². The number of allylic oxidation sites excluding steroid dienone is 1. The van der Waals surface area contributed by atoms with E-state index in [1.165, 1.54) is 19.3 Å². The molecular formula is C13H22N2O. The number of hydrogen-bond acceptors (Lipinski definition) is 2. The van der Waals surface area contributed by atoms with Crippen molar-refractivity contribution in [3.63, 3.8) is 0 Å². The van der Waals surface area contributed by atoms with Crippen molar-refractivity contribution < 1.29 is 5.11 Å². The average Bonchev–Trinajstić information content (AvgIpc) is 2.76. The minimum Gasteiger partial charge on any atom is -0.391 e. The van der Waals surface area contributed by atoms with Crippen LogP contribution in [0, 0.1) is 0 Å². The molecule has 0 bridgehead atoms. The van der Waals surface area contributed by atoms with Gasteiger partial charge in [-0.15, -0.1) is 6.58 Å². The lowest BCUT2D eigenvalue weighted by Crippen LogP contribution is -2.14. The number of hydrogen-bond donors (Lipinski definition) is 1. The second kappa shape index (κ2) is 8.11. The third-order valence-corrected chi connectivity index (χ3v) is 2.68. The molecule has 1 atom stereocenters. The summed E-state index contributed by atoms with van der Waals surface area (Å²) < 4.78 is 1.92. The van der Waals surface area contributed by atoms with Gasteiger partial charge in [0.05, 0.1) is 12.4 Å². The highest BCUT2D eigenvalue weighted by Crippen LogP contribution is 2.08. The Balaban J connectivity index is 1.98. The molecule has 0 radical (unpaired) electrons. The highest BCUT2D eigenvalue weighted by molar-refractivity contribution is 4.75. The SMILES string of the molecule is C=CCCCCCCC(O)Cn1ccnc1. The molecule has 1 heterocycles. The number of imidazole rings is 1. The molecule has 0 aromatic carbocycles. The minimum absolute atomic E-state index is 0.242. The molecule has 0 aliphatic carbocycles. The molecule has 16 heavy (non-hydrogen) atoms. The Morgan fingerprint density at radius 3 is 2.81 bits per heavy atom. The van der Waals surface area contributed by atoms with Gasteiger partial charge in [0.2, 0.25) is 0 Å². The monoisotopic (exact) mass is 222 g/mol. The molecule has 1 N–H and O–H groups in total. The van der Waals surface area contributed by atoms with Crippen LogP contribution < -0.4 is 0 Å². The fourth-order valence-electron chi connectivity index (χ4n) is 1.75. The Morgan fingerprint density at radius 2 is 2.12 bits per heavy atom. The lowest BCUT2D eigenvalue weighted by molar-refractivity contribution is 0.141. The lowest BCUT2D eigenvalue weighted by Gasteiger charge is -2.10. The number of unbranched alkanes of at least 4 members (excludes halogenated alkanes) is 4. The molecule has 0 aliphatic rings. The van der Waals surface area contributed by atoms with Gasteiger partial charge in [-0.2, -0.15) is 0 Å². The summed E-state index contributed by atoms with van der Waals surface area (Å²) in [6, 6.07) is 0. The second-order valence-electron chi connectivity index (χ2n) is 4.19. The molecule has 0 saturated heterocycles. The van der Waals surface area contributed by atoms with E-state index in [1.807, 2.05) is 16.8 Å². The topological polar surface area (TPSA) is 38.0 Å². The first-order valence-electron chi connectivity index (χ1n) is 6.07. The zero-order valence-corrected chi connectivity index (χ0v) is 9.89. The van der Waals surface area contributed by atoms with Crippen LogP contribution in [-0.2, 0) is 6.54 Å². The summed E-state index contributed by atoms with van der Waals surface area (Å²) in [5.74, 6) is 0. The van der Waals surface area contributed by atoms with E-state index in [9.17, 15) is 5.11 Å². The van der Waals surface area contributed by atoms with Gasteiger partial charge in [0.15, 0.2) is 0 Å². The predicted molar refractivity (Wildman–Crippen MR) is 66.1 cm³/mol. The second-order valence-corrected chi connectivity index (χ2v) is 4.19. The fraction of sp³-hybridized carbons (Fsp3) is 0.615. The van der Waals surface area contributed by atoms with Crippen LogP contribution in [0.5, 0.6) is 0 Å². The molecule has 0 aliphatic heterocycles. The van der Waals surface area contributed by atoms with Gasteiger partial charge in [-0.05, 0) is 19.3 Å². The van der Waals surface area contributed by atoms with Gasteiger partial charge in [0, 0.05) is 18.9 Å². The van der Waals surface area contributed by atoms with Gasteiger partial charge in [0.25, 0.3) is 0 Å². The molecule has 0 spiro atoms. The first-order chi connectivity index (χ1) is 7.83. The average molecular weight is 222 g/mol. The summed E-state index contributed by atoms with van der Waals surface area (Å²) in [6.45, 7) is 4.36. The predicted octanol–water partition coefficient (Wildman–Crippen LogP) is 2.77. The smallest absolute Gasteiger partial charge is 0.0946 e. The zero-order chi connectivity index (χ0) is 11.6. The summed E-state index contributed by atoms with van der Waals surface area (Å²) >= 11 is 0. The third kappa shape index (κ3) is 5.71. The van der Waals surface area contributed by atoms with Gasteiger partial charge < -0.3 is 9.67 Å². The Kier molecular flexibility index (Phi) is 6.58.